The first kappa shape index (κ1) is 18.8. The van der Waals surface area contributed by atoms with Crippen molar-refractivity contribution < 1.29 is 14.3 Å². The third-order valence-corrected chi connectivity index (χ3v) is 4.72. The van der Waals surface area contributed by atoms with Crippen LogP contribution >= 0.6 is 0 Å². The lowest BCUT2D eigenvalue weighted by Crippen LogP contribution is -2.50. The molecule has 0 atom stereocenters. The molecule has 1 aliphatic heterocycles. The molecule has 0 aliphatic carbocycles. The molecular formula is C20H24N4O3. The van der Waals surface area contributed by atoms with Crippen LogP contribution in [0.3, 0.4) is 0 Å². The van der Waals surface area contributed by atoms with E-state index in [0.717, 1.165) is 37.6 Å². The SMILES string of the molecule is N#CCCN(Cc1ccco1)C(=O)CN1CCN(c2ccc(O)cc2)CC1. The number of anilines is 1. The predicted octanol–water partition coefficient (Wildman–Crippen LogP) is 2.05. The minimum atomic E-state index is 0.0136. The molecular weight excluding hydrogens is 344 g/mol. The number of nitrogens with zero attached hydrogens (tertiary/aromatic N) is 4. The van der Waals surface area contributed by atoms with Crippen molar-refractivity contribution in [2.75, 3.05) is 44.2 Å². The van der Waals surface area contributed by atoms with Crippen molar-refractivity contribution in [3.8, 4) is 11.8 Å². The van der Waals surface area contributed by atoms with Crippen LogP contribution in [0, 0.1) is 11.3 Å². The van der Waals surface area contributed by atoms with Gasteiger partial charge in [-0.1, -0.05) is 0 Å². The minimum Gasteiger partial charge on any atom is -0.508 e. The maximum absolute atomic E-state index is 12.7. The molecule has 7 nitrogen and oxygen atoms in total. The first-order valence-electron chi connectivity index (χ1n) is 9.09. The van der Waals surface area contributed by atoms with Crippen molar-refractivity contribution in [3.63, 3.8) is 0 Å². The molecule has 0 saturated carbocycles. The highest BCUT2D eigenvalue weighted by atomic mass is 16.3. The first-order chi connectivity index (χ1) is 13.2. The maximum atomic E-state index is 12.7. The average molecular weight is 368 g/mol. The summed E-state index contributed by atoms with van der Waals surface area (Å²) in [6.45, 7) is 4.38. The molecule has 142 valence electrons. The van der Waals surface area contributed by atoms with Crippen molar-refractivity contribution in [3.05, 3.63) is 48.4 Å². The monoisotopic (exact) mass is 368 g/mol. The van der Waals surface area contributed by atoms with Gasteiger partial charge in [0.15, 0.2) is 0 Å². The number of benzene rings is 1. The lowest BCUT2D eigenvalue weighted by Gasteiger charge is -2.36. The maximum Gasteiger partial charge on any atom is 0.237 e. The Morgan fingerprint density at radius 2 is 1.93 bits per heavy atom. The normalized spacial score (nSPS) is 14.7. The summed E-state index contributed by atoms with van der Waals surface area (Å²) in [6.07, 6.45) is 1.89. The Labute approximate surface area is 159 Å². The number of aromatic hydroxyl groups is 1. The van der Waals surface area contributed by atoms with Crippen molar-refractivity contribution >= 4 is 11.6 Å². The van der Waals surface area contributed by atoms with Crippen LogP contribution in [0.25, 0.3) is 0 Å². The Bertz CT molecular complexity index is 760. The van der Waals surface area contributed by atoms with Gasteiger partial charge in [0.2, 0.25) is 5.91 Å². The molecule has 0 unspecified atom stereocenters. The Balaban J connectivity index is 1.52. The number of phenols is 1. The zero-order valence-electron chi connectivity index (χ0n) is 15.3. The van der Waals surface area contributed by atoms with Gasteiger partial charge in [-0.25, -0.2) is 0 Å². The van der Waals surface area contributed by atoms with Crippen molar-refractivity contribution in [1.29, 1.82) is 5.26 Å². The van der Waals surface area contributed by atoms with Crippen molar-refractivity contribution in [2.24, 2.45) is 0 Å². The van der Waals surface area contributed by atoms with E-state index in [-0.39, 0.29) is 11.7 Å². The summed E-state index contributed by atoms with van der Waals surface area (Å²) in [5.74, 6) is 0.996. The van der Waals surface area contributed by atoms with Crippen LogP contribution < -0.4 is 4.90 Å². The number of amides is 1. The van der Waals surface area contributed by atoms with E-state index >= 15 is 0 Å². The molecule has 1 aliphatic rings. The topological polar surface area (TPSA) is 84.0 Å². The number of nitriles is 1. The highest BCUT2D eigenvalue weighted by molar-refractivity contribution is 5.78. The average Bonchev–Trinajstić information content (AvgIpc) is 3.19. The highest BCUT2D eigenvalue weighted by Gasteiger charge is 2.22. The Kier molecular flexibility index (Phi) is 6.34. The van der Waals surface area contributed by atoms with Crippen molar-refractivity contribution in [2.45, 2.75) is 13.0 Å². The number of hydrogen-bond donors (Lipinski definition) is 1. The van der Waals surface area contributed by atoms with Crippen LogP contribution in [-0.2, 0) is 11.3 Å². The van der Waals surface area contributed by atoms with Crippen molar-refractivity contribution in [1.82, 2.24) is 9.80 Å². The van der Waals surface area contributed by atoms with E-state index in [1.165, 1.54) is 0 Å². The molecule has 0 radical (unpaired) electrons. The molecule has 1 aromatic heterocycles. The summed E-state index contributed by atoms with van der Waals surface area (Å²) in [5, 5.41) is 18.3. The van der Waals surface area contributed by atoms with E-state index < -0.39 is 0 Å². The number of phenolic OH excluding ortho intramolecular Hbond substituents is 1. The van der Waals surface area contributed by atoms with Gasteiger partial charge >= 0.3 is 0 Å². The van der Waals surface area contributed by atoms with E-state index in [4.69, 9.17) is 9.68 Å². The van der Waals surface area contributed by atoms with E-state index in [2.05, 4.69) is 15.9 Å². The lowest BCUT2D eigenvalue weighted by atomic mass is 10.2. The molecule has 0 bridgehead atoms. The van der Waals surface area contributed by atoms with Gasteiger partial charge < -0.3 is 19.3 Å². The zero-order chi connectivity index (χ0) is 19.1. The number of rotatable bonds is 7. The van der Waals surface area contributed by atoms with Crippen LogP contribution in [0.4, 0.5) is 5.69 Å². The van der Waals surface area contributed by atoms with Gasteiger partial charge in [-0.05, 0) is 36.4 Å². The smallest absolute Gasteiger partial charge is 0.237 e. The summed E-state index contributed by atoms with van der Waals surface area (Å²) >= 11 is 0. The molecule has 7 heteroatoms. The molecule has 1 N–H and O–H groups in total. The van der Waals surface area contributed by atoms with E-state index in [0.29, 0.717) is 26.1 Å². The summed E-state index contributed by atoms with van der Waals surface area (Å²) in [4.78, 5) is 18.8. The summed E-state index contributed by atoms with van der Waals surface area (Å²) in [5.41, 5.74) is 1.08. The molecule has 0 spiro atoms. The molecule has 1 saturated heterocycles. The van der Waals surface area contributed by atoms with E-state index in [9.17, 15) is 9.90 Å². The quantitative estimate of drug-likeness (QED) is 0.805. The predicted molar refractivity (Wildman–Crippen MR) is 101 cm³/mol. The fourth-order valence-corrected chi connectivity index (χ4v) is 3.19. The van der Waals surface area contributed by atoms with Gasteiger partial charge in [0.05, 0.1) is 31.8 Å². The molecule has 2 heterocycles. The van der Waals surface area contributed by atoms with Crippen LogP contribution in [0.15, 0.2) is 47.1 Å². The number of carbonyl (C=O) groups excluding carboxylic acids is 1. The summed E-state index contributed by atoms with van der Waals surface area (Å²) < 4.78 is 5.34. The molecule has 2 aromatic rings. The second-order valence-electron chi connectivity index (χ2n) is 6.58. The third kappa shape index (κ3) is 5.25. The van der Waals surface area contributed by atoms with E-state index in [1.54, 1.807) is 29.4 Å². The number of furan rings is 1. The zero-order valence-corrected chi connectivity index (χ0v) is 15.3. The third-order valence-electron chi connectivity index (χ3n) is 4.72. The number of piperazine rings is 1. The van der Waals surface area contributed by atoms with Gasteiger partial charge in [-0.15, -0.1) is 0 Å². The molecule has 3 rings (SSSR count). The highest BCUT2D eigenvalue weighted by Crippen LogP contribution is 2.20. The van der Waals surface area contributed by atoms with Crippen LogP contribution in [0.1, 0.15) is 12.2 Å². The fourth-order valence-electron chi connectivity index (χ4n) is 3.19. The number of hydrogen-bond acceptors (Lipinski definition) is 6. The van der Waals surface area contributed by atoms with Crippen LogP contribution in [0.2, 0.25) is 0 Å². The Morgan fingerprint density at radius 1 is 1.19 bits per heavy atom. The second kappa shape index (κ2) is 9.10. The molecule has 1 aromatic carbocycles. The van der Waals surface area contributed by atoms with Gasteiger partial charge in [0.1, 0.15) is 11.5 Å². The van der Waals surface area contributed by atoms with Gasteiger partial charge in [0.25, 0.3) is 0 Å². The minimum absolute atomic E-state index is 0.0136. The lowest BCUT2D eigenvalue weighted by molar-refractivity contribution is -0.133. The molecule has 1 fully saturated rings. The largest absolute Gasteiger partial charge is 0.508 e. The molecule has 1 amide bonds. The molecule has 27 heavy (non-hydrogen) atoms. The Hall–Kier alpha value is -2.98. The Morgan fingerprint density at radius 3 is 2.56 bits per heavy atom. The standard InChI is InChI=1S/C20H24N4O3/c21-8-2-9-24(15-19-3-1-14-27-19)20(26)16-22-10-12-23(13-11-22)17-4-6-18(25)7-5-17/h1,3-7,14,25H,2,9-13,15-16H2. The van der Waals surface area contributed by atoms with Gasteiger partial charge in [-0.2, -0.15) is 5.26 Å². The van der Waals surface area contributed by atoms with Crippen LogP contribution in [-0.4, -0.2) is 60.1 Å². The summed E-state index contributed by atoms with van der Waals surface area (Å²) in [7, 11) is 0. The fraction of sp³-hybridized carbons (Fsp3) is 0.400. The summed E-state index contributed by atoms with van der Waals surface area (Å²) in [6, 6.07) is 12.9. The van der Waals surface area contributed by atoms with Gasteiger partial charge in [0, 0.05) is 38.4 Å². The number of carbonyl (C=O) groups is 1. The first-order valence-corrected chi connectivity index (χ1v) is 9.09. The van der Waals surface area contributed by atoms with Crippen LogP contribution in [0.5, 0.6) is 5.75 Å². The van der Waals surface area contributed by atoms with Gasteiger partial charge in [-0.3, -0.25) is 9.69 Å². The second-order valence-corrected chi connectivity index (χ2v) is 6.58. The van der Waals surface area contributed by atoms with E-state index in [1.807, 2.05) is 18.2 Å².